The first-order chi connectivity index (χ1) is 7.44. The molecule has 16 heavy (non-hydrogen) atoms. The molecule has 2 heteroatoms. The zero-order chi connectivity index (χ0) is 11.9. The third-order valence-corrected chi connectivity index (χ3v) is 3.35. The fourth-order valence-corrected chi connectivity index (χ4v) is 2.60. The topological polar surface area (TPSA) is 30.2 Å². The first-order valence-electron chi connectivity index (χ1n) is 6.09. The summed E-state index contributed by atoms with van der Waals surface area (Å²) in [4.78, 5) is 12.1. The molecule has 0 fully saturated rings. The van der Waals surface area contributed by atoms with Gasteiger partial charge in [0.15, 0.2) is 5.78 Å². The molecule has 0 bridgehead atoms. The maximum Gasteiger partial charge on any atom is 0.167 e. The van der Waals surface area contributed by atoms with E-state index in [1.54, 1.807) is 0 Å². The van der Waals surface area contributed by atoms with Gasteiger partial charge in [-0.05, 0) is 18.8 Å². The Bertz CT molecular complexity index is 424. The standard InChI is InChI=1S/C14H20O2/c1-5-6-11-9(2)13-10(15)7-14(3,4)8-12(13)16-11/h5-8H2,1-4H3. The van der Waals surface area contributed by atoms with Gasteiger partial charge in [0.25, 0.3) is 0 Å². The summed E-state index contributed by atoms with van der Waals surface area (Å²) in [5.74, 6) is 2.19. The highest BCUT2D eigenvalue weighted by Crippen LogP contribution is 2.38. The van der Waals surface area contributed by atoms with Crippen LogP contribution >= 0.6 is 0 Å². The molecule has 0 aromatic carbocycles. The van der Waals surface area contributed by atoms with Crippen molar-refractivity contribution in [3.05, 3.63) is 22.6 Å². The van der Waals surface area contributed by atoms with E-state index in [0.717, 1.165) is 41.9 Å². The molecule has 1 heterocycles. The average molecular weight is 220 g/mol. The van der Waals surface area contributed by atoms with Gasteiger partial charge < -0.3 is 4.42 Å². The van der Waals surface area contributed by atoms with Crippen LogP contribution in [0.25, 0.3) is 0 Å². The van der Waals surface area contributed by atoms with Crippen LogP contribution in [0.2, 0.25) is 0 Å². The molecule has 2 nitrogen and oxygen atoms in total. The molecule has 0 amide bonds. The predicted molar refractivity (Wildman–Crippen MR) is 63.9 cm³/mol. The molecule has 0 radical (unpaired) electrons. The fourth-order valence-electron chi connectivity index (χ4n) is 2.60. The van der Waals surface area contributed by atoms with E-state index in [1.165, 1.54) is 0 Å². The van der Waals surface area contributed by atoms with Crippen LogP contribution in [-0.2, 0) is 12.8 Å². The second-order valence-corrected chi connectivity index (χ2v) is 5.64. The highest BCUT2D eigenvalue weighted by Gasteiger charge is 2.35. The van der Waals surface area contributed by atoms with E-state index in [2.05, 4.69) is 20.8 Å². The average Bonchev–Trinajstić information content (AvgIpc) is 2.41. The highest BCUT2D eigenvalue weighted by atomic mass is 16.3. The van der Waals surface area contributed by atoms with Crippen molar-refractivity contribution in [3.63, 3.8) is 0 Å². The van der Waals surface area contributed by atoms with Gasteiger partial charge in [0.2, 0.25) is 0 Å². The highest BCUT2D eigenvalue weighted by molar-refractivity contribution is 6.00. The number of carbonyl (C=O) groups excluding carboxylic acids is 1. The van der Waals surface area contributed by atoms with Crippen LogP contribution in [0, 0.1) is 12.3 Å². The number of ketones is 1. The summed E-state index contributed by atoms with van der Waals surface area (Å²) in [6.45, 7) is 8.41. The Labute approximate surface area is 97.0 Å². The predicted octanol–water partition coefficient (Wildman–Crippen LogP) is 3.70. The molecule has 1 aliphatic carbocycles. The lowest BCUT2D eigenvalue weighted by molar-refractivity contribution is 0.0903. The molecule has 1 aromatic rings. The molecule has 1 aliphatic rings. The molecule has 0 saturated heterocycles. The van der Waals surface area contributed by atoms with Crippen LogP contribution in [0.5, 0.6) is 0 Å². The lowest BCUT2D eigenvalue weighted by Crippen LogP contribution is -2.26. The minimum absolute atomic E-state index is 0.0534. The number of furan rings is 1. The zero-order valence-electron chi connectivity index (χ0n) is 10.6. The van der Waals surface area contributed by atoms with Gasteiger partial charge in [-0.3, -0.25) is 4.79 Å². The van der Waals surface area contributed by atoms with Crippen LogP contribution in [-0.4, -0.2) is 5.78 Å². The molecule has 0 atom stereocenters. The van der Waals surface area contributed by atoms with Gasteiger partial charge in [0.1, 0.15) is 11.5 Å². The number of carbonyl (C=O) groups is 1. The summed E-state index contributed by atoms with van der Waals surface area (Å²) in [7, 11) is 0. The van der Waals surface area contributed by atoms with E-state index in [1.807, 2.05) is 6.92 Å². The summed E-state index contributed by atoms with van der Waals surface area (Å²) in [5, 5.41) is 0. The molecule has 0 saturated carbocycles. The van der Waals surface area contributed by atoms with E-state index in [0.29, 0.717) is 6.42 Å². The van der Waals surface area contributed by atoms with Gasteiger partial charge in [-0.15, -0.1) is 0 Å². The smallest absolute Gasteiger partial charge is 0.167 e. The van der Waals surface area contributed by atoms with Crippen molar-refractivity contribution in [3.8, 4) is 0 Å². The zero-order valence-corrected chi connectivity index (χ0v) is 10.6. The second-order valence-electron chi connectivity index (χ2n) is 5.64. The first kappa shape index (κ1) is 11.4. The minimum Gasteiger partial charge on any atom is -0.465 e. The molecule has 0 N–H and O–H groups in total. The Morgan fingerprint density at radius 3 is 2.62 bits per heavy atom. The van der Waals surface area contributed by atoms with E-state index >= 15 is 0 Å². The fraction of sp³-hybridized carbons (Fsp3) is 0.643. The second kappa shape index (κ2) is 3.76. The summed E-state index contributed by atoms with van der Waals surface area (Å²) in [5.41, 5.74) is 2.01. The van der Waals surface area contributed by atoms with Crippen molar-refractivity contribution in [1.82, 2.24) is 0 Å². The first-order valence-corrected chi connectivity index (χ1v) is 6.09. The number of fused-ring (bicyclic) bond motifs is 1. The van der Waals surface area contributed by atoms with Crippen LogP contribution in [0.1, 0.15) is 61.1 Å². The molecule has 0 aliphatic heterocycles. The summed E-state index contributed by atoms with van der Waals surface area (Å²) < 4.78 is 5.86. The minimum atomic E-state index is 0.0534. The number of aryl methyl sites for hydroxylation is 1. The monoisotopic (exact) mass is 220 g/mol. The Morgan fingerprint density at radius 1 is 1.31 bits per heavy atom. The summed E-state index contributed by atoms with van der Waals surface area (Å²) in [6, 6.07) is 0. The van der Waals surface area contributed by atoms with Gasteiger partial charge in [-0.1, -0.05) is 20.8 Å². The number of Topliss-reactive ketones (excluding diaryl/α,β-unsaturated/α-hetero) is 1. The number of hydrogen-bond donors (Lipinski definition) is 0. The Balaban J connectivity index is 2.45. The van der Waals surface area contributed by atoms with Crippen molar-refractivity contribution in [2.45, 2.75) is 53.4 Å². The lowest BCUT2D eigenvalue weighted by Gasteiger charge is -2.27. The van der Waals surface area contributed by atoms with Gasteiger partial charge in [-0.2, -0.15) is 0 Å². The third-order valence-electron chi connectivity index (χ3n) is 3.35. The number of hydrogen-bond acceptors (Lipinski definition) is 2. The Kier molecular flexibility index (Phi) is 2.69. The molecule has 88 valence electrons. The number of rotatable bonds is 2. The lowest BCUT2D eigenvalue weighted by atomic mass is 9.76. The molecule has 0 spiro atoms. The Morgan fingerprint density at radius 2 is 2.00 bits per heavy atom. The molecule has 2 rings (SSSR count). The van der Waals surface area contributed by atoms with E-state index in [-0.39, 0.29) is 11.2 Å². The van der Waals surface area contributed by atoms with Crippen molar-refractivity contribution in [1.29, 1.82) is 0 Å². The van der Waals surface area contributed by atoms with Gasteiger partial charge in [-0.25, -0.2) is 0 Å². The van der Waals surface area contributed by atoms with E-state index in [9.17, 15) is 4.79 Å². The summed E-state index contributed by atoms with van der Waals surface area (Å²) in [6.07, 6.45) is 3.53. The van der Waals surface area contributed by atoms with Gasteiger partial charge >= 0.3 is 0 Å². The third kappa shape index (κ3) is 1.81. The summed E-state index contributed by atoms with van der Waals surface area (Å²) >= 11 is 0. The van der Waals surface area contributed by atoms with Crippen molar-refractivity contribution < 1.29 is 9.21 Å². The van der Waals surface area contributed by atoms with E-state index in [4.69, 9.17) is 4.42 Å². The molecule has 0 unspecified atom stereocenters. The molecular formula is C14H20O2. The van der Waals surface area contributed by atoms with E-state index < -0.39 is 0 Å². The van der Waals surface area contributed by atoms with Crippen LogP contribution in [0.3, 0.4) is 0 Å². The molecule has 1 aromatic heterocycles. The van der Waals surface area contributed by atoms with Crippen LogP contribution in [0.4, 0.5) is 0 Å². The van der Waals surface area contributed by atoms with Gasteiger partial charge in [0, 0.05) is 24.8 Å². The Hall–Kier alpha value is -1.05. The van der Waals surface area contributed by atoms with Crippen molar-refractivity contribution in [2.24, 2.45) is 5.41 Å². The maximum absolute atomic E-state index is 12.1. The SMILES string of the molecule is CCCc1oc2c(c1C)C(=O)CC(C)(C)C2. The quantitative estimate of drug-likeness (QED) is 0.760. The normalized spacial score (nSPS) is 18.6. The van der Waals surface area contributed by atoms with Crippen LogP contribution in [0.15, 0.2) is 4.42 Å². The van der Waals surface area contributed by atoms with Crippen molar-refractivity contribution >= 4 is 5.78 Å². The largest absolute Gasteiger partial charge is 0.465 e. The van der Waals surface area contributed by atoms with Crippen molar-refractivity contribution in [2.75, 3.05) is 0 Å². The van der Waals surface area contributed by atoms with Crippen LogP contribution < -0.4 is 0 Å². The molecular weight excluding hydrogens is 200 g/mol. The van der Waals surface area contributed by atoms with Gasteiger partial charge in [0.05, 0.1) is 5.56 Å². The maximum atomic E-state index is 12.1.